The lowest BCUT2D eigenvalue weighted by Crippen LogP contribution is -2.64. The second-order valence-corrected chi connectivity index (χ2v) is 11.9. The molecule has 0 radical (unpaired) electrons. The Kier molecular flexibility index (Phi) is 6.20. The third kappa shape index (κ3) is 4.91. The second kappa shape index (κ2) is 9.59. The van der Waals surface area contributed by atoms with Gasteiger partial charge in [0.1, 0.15) is 0 Å². The topological polar surface area (TPSA) is 113 Å². The smallest absolute Gasteiger partial charge is 0.257 e. The molecule has 3 aromatic rings. The van der Waals surface area contributed by atoms with Crippen molar-refractivity contribution in [1.29, 1.82) is 0 Å². The van der Waals surface area contributed by atoms with E-state index in [-0.39, 0.29) is 35.6 Å². The van der Waals surface area contributed by atoms with E-state index in [4.69, 9.17) is 0 Å². The lowest BCUT2D eigenvalue weighted by Gasteiger charge is -2.50. The molecule has 3 aliphatic rings. The minimum Gasteiger partial charge on any atom is -0.350 e. The number of rotatable bonds is 7. The molecule has 10 nitrogen and oxygen atoms in total. The minimum atomic E-state index is -0.461. The maximum Gasteiger partial charge on any atom is 0.257 e. The first-order valence-corrected chi connectivity index (χ1v) is 13.4. The summed E-state index contributed by atoms with van der Waals surface area (Å²) in [4.78, 5) is 43.7. The minimum absolute atomic E-state index is 0.0465. The van der Waals surface area contributed by atoms with Crippen LogP contribution in [0.1, 0.15) is 41.9 Å². The van der Waals surface area contributed by atoms with Gasteiger partial charge in [0.15, 0.2) is 0 Å². The van der Waals surface area contributed by atoms with E-state index in [0.717, 1.165) is 12.0 Å². The first-order chi connectivity index (χ1) is 18.7. The Morgan fingerprint density at radius 1 is 1.00 bits per heavy atom. The van der Waals surface area contributed by atoms with Crippen LogP contribution in [0.4, 0.5) is 0 Å². The first-order valence-electron chi connectivity index (χ1n) is 13.4. The molecular weight excluding hydrogens is 494 g/mol. The number of carbonyl (C=O) groups excluding carboxylic acids is 3. The summed E-state index contributed by atoms with van der Waals surface area (Å²) in [6.07, 6.45) is 5.83. The summed E-state index contributed by atoms with van der Waals surface area (Å²) in [5.74, 6) is -0.487. The Labute approximate surface area is 227 Å². The van der Waals surface area contributed by atoms with Gasteiger partial charge in [-0.05, 0) is 29.5 Å². The van der Waals surface area contributed by atoms with Gasteiger partial charge < -0.3 is 15.1 Å². The van der Waals surface area contributed by atoms with Crippen molar-refractivity contribution in [1.82, 2.24) is 35.1 Å². The van der Waals surface area contributed by atoms with Crippen molar-refractivity contribution in [3.05, 3.63) is 77.9 Å². The van der Waals surface area contributed by atoms with Crippen LogP contribution in [-0.4, -0.2) is 73.7 Å². The van der Waals surface area contributed by atoms with Crippen LogP contribution in [0.15, 0.2) is 61.1 Å². The molecular formula is C29H33N7O3. The third-order valence-electron chi connectivity index (χ3n) is 8.53. The lowest BCUT2D eigenvalue weighted by molar-refractivity contribution is -0.151. The number of aromatic nitrogens is 4. The van der Waals surface area contributed by atoms with Crippen molar-refractivity contribution < 1.29 is 14.4 Å². The van der Waals surface area contributed by atoms with Gasteiger partial charge in [0.2, 0.25) is 11.8 Å². The molecule has 1 saturated carbocycles. The van der Waals surface area contributed by atoms with Crippen LogP contribution >= 0.6 is 0 Å². The van der Waals surface area contributed by atoms with Gasteiger partial charge in [-0.2, -0.15) is 15.3 Å². The van der Waals surface area contributed by atoms with E-state index in [9.17, 15) is 14.4 Å². The molecule has 2 saturated heterocycles. The maximum atomic E-state index is 13.5. The molecule has 0 bridgehead atoms. The standard InChI is InChI=1S/C29H33N7O3/c1-28(2)11-23(28)27(39)35-18-29(19-35)17-34(16-24(29)25(37)30-13-22-9-6-10-31-33-22)26(38)21-12-32-36(15-21)14-20-7-4-3-5-8-20/h3-10,12,15,23-24H,11,13-14,16-19H2,1-2H3,(H,30,37)/t23-,24+/m1/s1. The normalized spacial score (nSPS) is 22.4. The summed E-state index contributed by atoms with van der Waals surface area (Å²) >= 11 is 0. The van der Waals surface area contributed by atoms with Gasteiger partial charge in [-0.25, -0.2) is 0 Å². The molecule has 2 aromatic heterocycles. The van der Waals surface area contributed by atoms with Crippen molar-refractivity contribution in [2.45, 2.75) is 33.4 Å². The van der Waals surface area contributed by atoms with Crippen LogP contribution < -0.4 is 5.32 Å². The zero-order chi connectivity index (χ0) is 27.2. The highest BCUT2D eigenvalue weighted by Gasteiger charge is 2.61. The Morgan fingerprint density at radius 2 is 1.74 bits per heavy atom. The molecule has 1 aliphatic carbocycles. The number of likely N-dealkylation sites (tertiary alicyclic amines) is 2. The second-order valence-electron chi connectivity index (χ2n) is 11.9. The molecule has 3 fully saturated rings. The van der Waals surface area contributed by atoms with Gasteiger partial charge in [-0.15, -0.1) is 0 Å². The molecule has 10 heteroatoms. The molecule has 0 unspecified atom stereocenters. The number of amides is 3. The molecule has 1 aromatic carbocycles. The van der Waals surface area contributed by atoms with Crippen LogP contribution in [-0.2, 0) is 22.7 Å². The molecule has 202 valence electrons. The van der Waals surface area contributed by atoms with Crippen molar-refractivity contribution in [2.75, 3.05) is 26.2 Å². The average molecular weight is 528 g/mol. The highest BCUT2D eigenvalue weighted by molar-refractivity contribution is 5.95. The van der Waals surface area contributed by atoms with Crippen molar-refractivity contribution >= 4 is 17.7 Å². The van der Waals surface area contributed by atoms with Crippen LogP contribution in [0.2, 0.25) is 0 Å². The number of hydrogen-bond acceptors (Lipinski definition) is 6. The van der Waals surface area contributed by atoms with Crippen molar-refractivity contribution in [3.8, 4) is 0 Å². The summed E-state index contributed by atoms with van der Waals surface area (Å²) in [6.45, 7) is 6.75. The molecule has 4 heterocycles. The van der Waals surface area contributed by atoms with Crippen LogP contribution in [0.25, 0.3) is 0 Å². The Balaban J connectivity index is 1.16. The Morgan fingerprint density at radius 3 is 2.44 bits per heavy atom. The van der Waals surface area contributed by atoms with Gasteiger partial charge in [0, 0.05) is 49.9 Å². The van der Waals surface area contributed by atoms with E-state index in [0.29, 0.717) is 44.0 Å². The zero-order valence-corrected chi connectivity index (χ0v) is 22.3. The molecule has 2 aliphatic heterocycles. The van der Waals surface area contributed by atoms with E-state index in [1.165, 1.54) is 0 Å². The number of carbonyl (C=O) groups is 3. The van der Waals surface area contributed by atoms with Gasteiger partial charge in [-0.3, -0.25) is 19.1 Å². The van der Waals surface area contributed by atoms with Crippen molar-refractivity contribution in [2.24, 2.45) is 22.7 Å². The number of nitrogens with one attached hydrogen (secondary N) is 1. The highest BCUT2D eigenvalue weighted by atomic mass is 16.2. The van der Waals surface area contributed by atoms with E-state index in [2.05, 4.69) is 34.5 Å². The molecule has 1 N–H and O–H groups in total. The van der Waals surface area contributed by atoms with Crippen molar-refractivity contribution in [3.63, 3.8) is 0 Å². The largest absolute Gasteiger partial charge is 0.350 e. The SMILES string of the molecule is CC1(C)C[C@@H]1C(=O)N1CC2(CN(C(=O)c3cnn(Cc4ccccc4)c3)C[C@H]2C(=O)NCc2cccnn2)C1. The number of nitrogens with zero attached hydrogens (tertiary/aromatic N) is 6. The molecule has 3 amide bonds. The van der Waals surface area contributed by atoms with E-state index >= 15 is 0 Å². The Bertz CT molecular complexity index is 1380. The fourth-order valence-corrected chi connectivity index (χ4v) is 6.03. The lowest BCUT2D eigenvalue weighted by atomic mass is 9.71. The highest BCUT2D eigenvalue weighted by Crippen LogP contribution is 2.54. The first kappa shape index (κ1) is 25.2. The monoisotopic (exact) mass is 527 g/mol. The summed E-state index contributed by atoms with van der Waals surface area (Å²) in [5.41, 5.74) is 1.84. The summed E-state index contributed by atoms with van der Waals surface area (Å²) in [6, 6.07) is 13.5. The molecule has 2 atom stereocenters. The van der Waals surface area contributed by atoms with Gasteiger partial charge in [0.25, 0.3) is 5.91 Å². The van der Waals surface area contributed by atoms with Gasteiger partial charge in [0.05, 0.1) is 36.5 Å². The number of hydrogen-bond donors (Lipinski definition) is 1. The zero-order valence-electron chi connectivity index (χ0n) is 22.3. The number of benzene rings is 1. The van der Waals surface area contributed by atoms with Crippen LogP contribution in [0.5, 0.6) is 0 Å². The van der Waals surface area contributed by atoms with Gasteiger partial charge >= 0.3 is 0 Å². The fraction of sp³-hybridized carbons (Fsp3) is 0.448. The summed E-state index contributed by atoms with van der Waals surface area (Å²) < 4.78 is 1.75. The van der Waals surface area contributed by atoms with E-state index in [1.54, 1.807) is 34.2 Å². The third-order valence-corrected chi connectivity index (χ3v) is 8.53. The molecule has 1 spiro atoms. The summed E-state index contributed by atoms with van der Waals surface area (Å²) in [7, 11) is 0. The maximum absolute atomic E-state index is 13.5. The van der Waals surface area contributed by atoms with E-state index < -0.39 is 11.3 Å². The predicted molar refractivity (Wildman–Crippen MR) is 142 cm³/mol. The fourth-order valence-electron chi connectivity index (χ4n) is 6.03. The molecule has 39 heavy (non-hydrogen) atoms. The van der Waals surface area contributed by atoms with Gasteiger partial charge in [-0.1, -0.05) is 44.2 Å². The van der Waals surface area contributed by atoms with E-state index in [1.807, 2.05) is 41.3 Å². The summed E-state index contributed by atoms with van der Waals surface area (Å²) in [5, 5.41) is 15.3. The van der Waals surface area contributed by atoms with Crippen LogP contribution in [0, 0.1) is 22.7 Å². The average Bonchev–Trinajstić information content (AvgIpc) is 3.25. The predicted octanol–water partition coefficient (Wildman–Crippen LogP) is 1.98. The quantitative estimate of drug-likeness (QED) is 0.503. The molecule has 6 rings (SSSR count). The van der Waals surface area contributed by atoms with Crippen LogP contribution in [0.3, 0.4) is 0 Å². The Hall–Kier alpha value is -4.08.